The van der Waals surface area contributed by atoms with E-state index < -0.39 is 0 Å². The molecule has 1 fully saturated rings. The van der Waals surface area contributed by atoms with Crippen molar-refractivity contribution in [2.24, 2.45) is 0 Å². The number of nitrogens with zero attached hydrogens (tertiary/aromatic N) is 5. The topological polar surface area (TPSA) is 76.3 Å². The SMILES string of the molecule is Cc1ccc(-n2nnnc2N2CCCC(OCCO)C2)cc1. The van der Waals surface area contributed by atoms with Gasteiger partial charge >= 0.3 is 0 Å². The second kappa shape index (κ2) is 6.85. The smallest absolute Gasteiger partial charge is 0.250 e. The minimum Gasteiger partial charge on any atom is -0.394 e. The van der Waals surface area contributed by atoms with E-state index in [0.717, 1.165) is 37.6 Å². The summed E-state index contributed by atoms with van der Waals surface area (Å²) in [7, 11) is 0. The van der Waals surface area contributed by atoms with E-state index in [2.05, 4.69) is 27.3 Å². The second-order valence-electron chi connectivity index (χ2n) is 5.53. The predicted octanol–water partition coefficient (Wildman–Crippen LogP) is 0.948. The molecule has 1 aliphatic rings. The lowest BCUT2D eigenvalue weighted by Crippen LogP contribution is -2.41. The molecule has 2 heterocycles. The average molecular weight is 303 g/mol. The van der Waals surface area contributed by atoms with Crippen molar-refractivity contribution in [1.82, 2.24) is 20.2 Å². The van der Waals surface area contributed by atoms with Crippen LogP contribution in [-0.4, -0.2) is 57.7 Å². The zero-order valence-electron chi connectivity index (χ0n) is 12.7. The standard InChI is InChI=1S/C15H21N5O2/c1-12-4-6-13(7-5-12)20-15(16-17-18-20)19-8-2-3-14(11-19)22-10-9-21/h4-7,14,21H,2-3,8-11H2,1H3. The average Bonchev–Trinajstić information content (AvgIpc) is 3.03. The van der Waals surface area contributed by atoms with Gasteiger partial charge in [-0.3, -0.25) is 0 Å². The first-order valence-corrected chi connectivity index (χ1v) is 7.61. The summed E-state index contributed by atoms with van der Waals surface area (Å²) in [5, 5.41) is 21.0. The van der Waals surface area contributed by atoms with E-state index in [1.54, 1.807) is 4.68 Å². The van der Waals surface area contributed by atoms with Gasteiger partial charge in [0.1, 0.15) is 0 Å². The van der Waals surface area contributed by atoms with Gasteiger partial charge in [-0.15, -0.1) is 0 Å². The van der Waals surface area contributed by atoms with E-state index in [-0.39, 0.29) is 12.7 Å². The Balaban J connectivity index is 1.77. The summed E-state index contributed by atoms with van der Waals surface area (Å²) in [5.41, 5.74) is 2.15. The van der Waals surface area contributed by atoms with Crippen molar-refractivity contribution in [1.29, 1.82) is 0 Å². The first-order valence-electron chi connectivity index (χ1n) is 7.61. The van der Waals surface area contributed by atoms with Gasteiger partial charge in [0.05, 0.1) is 25.0 Å². The summed E-state index contributed by atoms with van der Waals surface area (Å²) in [4.78, 5) is 2.14. The number of tetrazole rings is 1. The van der Waals surface area contributed by atoms with Gasteiger partial charge in [-0.05, 0) is 42.3 Å². The van der Waals surface area contributed by atoms with Crippen LogP contribution in [0.15, 0.2) is 24.3 Å². The Kier molecular flexibility index (Phi) is 4.65. The number of rotatable bonds is 5. The Morgan fingerprint density at radius 3 is 2.91 bits per heavy atom. The van der Waals surface area contributed by atoms with Crippen molar-refractivity contribution in [2.75, 3.05) is 31.2 Å². The number of piperidine rings is 1. The summed E-state index contributed by atoms with van der Waals surface area (Å²) < 4.78 is 7.41. The molecule has 1 aliphatic heterocycles. The number of benzene rings is 1. The highest BCUT2D eigenvalue weighted by molar-refractivity contribution is 5.42. The summed E-state index contributed by atoms with van der Waals surface area (Å²) >= 11 is 0. The van der Waals surface area contributed by atoms with Crippen LogP contribution in [0.25, 0.3) is 5.69 Å². The predicted molar refractivity (Wildman–Crippen MR) is 82.2 cm³/mol. The molecule has 1 aromatic heterocycles. The fourth-order valence-electron chi connectivity index (χ4n) is 2.71. The normalized spacial score (nSPS) is 18.6. The summed E-state index contributed by atoms with van der Waals surface area (Å²) in [6, 6.07) is 8.12. The zero-order chi connectivity index (χ0) is 15.4. The molecule has 1 aromatic carbocycles. The van der Waals surface area contributed by atoms with Crippen LogP contribution >= 0.6 is 0 Å². The quantitative estimate of drug-likeness (QED) is 0.886. The highest BCUT2D eigenvalue weighted by Gasteiger charge is 2.24. The van der Waals surface area contributed by atoms with E-state index in [1.165, 1.54) is 5.56 Å². The third kappa shape index (κ3) is 3.26. The Morgan fingerprint density at radius 2 is 2.14 bits per heavy atom. The first kappa shape index (κ1) is 14.9. The van der Waals surface area contributed by atoms with Gasteiger partial charge < -0.3 is 14.7 Å². The van der Waals surface area contributed by atoms with E-state index in [1.807, 2.05) is 24.3 Å². The van der Waals surface area contributed by atoms with Crippen LogP contribution in [0.3, 0.4) is 0 Å². The Bertz CT molecular complexity index is 598. The van der Waals surface area contributed by atoms with Crippen LogP contribution < -0.4 is 4.90 Å². The summed E-state index contributed by atoms with van der Waals surface area (Å²) in [5.74, 6) is 0.737. The molecule has 2 aromatic rings. The Hall–Kier alpha value is -1.99. The van der Waals surface area contributed by atoms with E-state index in [9.17, 15) is 0 Å². The molecule has 0 radical (unpaired) electrons. The molecule has 1 N–H and O–H groups in total. The minimum absolute atomic E-state index is 0.0532. The number of hydrogen-bond acceptors (Lipinski definition) is 6. The second-order valence-corrected chi connectivity index (χ2v) is 5.53. The number of ether oxygens (including phenoxy) is 1. The molecule has 3 rings (SSSR count). The van der Waals surface area contributed by atoms with Crippen LogP contribution in [0.1, 0.15) is 18.4 Å². The molecule has 7 heteroatoms. The van der Waals surface area contributed by atoms with Crippen molar-refractivity contribution in [3.05, 3.63) is 29.8 Å². The lowest BCUT2D eigenvalue weighted by molar-refractivity contribution is 0.0211. The lowest BCUT2D eigenvalue weighted by Gasteiger charge is -2.32. The first-order chi connectivity index (χ1) is 10.8. The monoisotopic (exact) mass is 303 g/mol. The summed E-state index contributed by atoms with van der Waals surface area (Å²) in [6.07, 6.45) is 2.14. The maximum atomic E-state index is 8.89. The molecule has 22 heavy (non-hydrogen) atoms. The van der Waals surface area contributed by atoms with Gasteiger partial charge in [-0.1, -0.05) is 22.8 Å². The van der Waals surface area contributed by atoms with Crippen molar-refractivity contribution >= 4 is 5.95 Å². The van der Waals surface area contributed by atoms with Gasteiger partial charge in [-0.25, -0.2) is 0 Å². The van der Waals surface area contributed by atoms with Crippen molar-refractivity contribution in [3.63, 3.8) is 0 Å². The maximum absolute atomic E-state index is 8.89. The van der Waals surface area contributed by atoms with Gasteiger partial charge in [0.25, 0.3) is 0 Å². The van der Waals surface area contributed by atoms with Crippen molar-refractivity contribution < 1.29 is 9.84 Å². The molecule has 118 valence electrons. The number of aliphatic hydroxyl groups is 1. The van der Waals surface area contributed by atoms with Crippen LogP contribution in [0.5, 0.6) is 0 Å². The lowest BCUT2D eigenvalue weighted by atomic mass is 10.1. The number of aromatic nitrogens is 4. The van der Waals surface area contributed by atoms with E-state index in [0.29, 0.717) is 6.61 Å². The van der Waals surface area contributed by atoms with Crippen molar-refractivity contribution in [2.45, 2.75) is 25.9 Å². The molecule has 0 aliphatic carbocycles. The van der Waals surface area contributed by atoms with Crippen LogP contribution in [-0.2, 0) is 4.74 Å². The Labute approximate surface area is 129 Å². The van der Waals surface area contributed by atoms with Crippen LogP contribution in [0.2, 0.25) is 0 Å². The third-order valence-corrected chi connectivity index (χ3v) is 3.84. The van der Waals surface area contributed by atoms with Gasteiger partial charge in [-0.2, -0.15) is 4.68 Å². The fourth-order valence-corrected chi connectivity index (χ4v) is 2.71. The van der Waals surface area contributed by atoms with Gasteiger partial charge in [0.2, 0.25) is 5.95 Å². The largest absolute Gasteiger partial charge is 0.394 e. The summed E-state index contributed by atoms with van der Waals surface area (Å²) in [6.45, 7) is 4.13. The highest BCUT2D eigenvalue weighted by Crippen LogP contribution is 2.21. The van der Waals surface area contributed by atoms with Crippen LogP contribution in [0, 0.1) is 6.92 Å². The molecule has 1 saturated heterocycles. The van der Waals surface area contributed by atoms with E-state index in [4.69, 9.17) is 9.84 Å². The minimum atomic E-state index is 0.0532. The number of aliphatic hydroxyl groups excluding tert-OH is 1. The molecule has 0 amide bonds. The Morgan fingerprint density at radius 1 is 1.32 bits per heavy atom. The molecule has 7 nitrogen and oxygen atoms in total. The third-order valence-electron chi connectivity index (χ3n) is 3.84. The maximum Gasteiger partial charge on any atom is 0.250 e. The zero-order valence-corrected chi connectivity index (χ0v) is 12.7. The van der Waals surface area contributed by atoms with Crippen molar-refractivity contribution in [3.8, 4) is 5.69 Å². The van der Waals surface area contributed by atoms with E-state index >= 15 is 0 Å². The molecule has 0 saturated carbocycles. The molecular weight excluding hydrogens is 282 g/mol. The highest BCUT2D eigenvalue weighted by atomic mass is 16.5. The molecule has 1 unspecified atom stereocenters. The van der Waals surface area contributed by atoms with Gasteiger partial charge in [0, 0.05) is 13.1 Å². The van der Waals surface area contributed by atoms with Crippen LogP contribution in [0.4, 0.5) is 5.95 Å². The molecule has 0 spiro atoms. The fraction of sp³-hybridized carbons (Fsp3) is 0.533. The number of aryl methyl sites for hydroxylation is 1. The molecule has 0 bridgehead atoms. The number of anilines is 1. The molecule has 1 atom stereocenters. The van der Waals surface area contributed by atoms with Gasteiger partial charge in [0.15, 0.2) is 0 Å². The molecular formula is C15H21N5O2. The number of hydrogen-bond donors (Lipinski definition) is 1.